The molecule has 0 aliphatic heterocycles. The molecular weight excluding hydrogens is 336 g/mol. The second-order valence-electron chi connectivity index (χ2n) is 5.56. The normalized spacial score (nSPS) is 10.9. The van der Waals surface area contributed by atoms with Gasteiger partial charge in [0.15, 0.2) is 4.34 Å². The molecule has 0 saturated heterocycles. The van der Waals surface area contributed by atoms with Gasteiger partial charge in [0.25, 0.3) is 0 Å². The molecule has 1 aromatic heterocycles. The minimum absolute atomic E-state index is 0.0626. The van der Waals surface area contributed by atoms with Crippen molar-refractivity contribution >= 4 is 44.9 Å². The largest absolute Gasteiger partial charge is 0.326 e. The Balaban J connectivity index is 1.56. The fraction of sp³-hybridized carbons (Fsp3) is 0.263. The number of hydrogen-bond donors (Lipinski definition) is 1. The standard InChI is InChI=1S/C19H20N2OS2/c1-3-14-8-6-7-13(2)18(14)21-17(22)11-12-23-19-20-15-9-4-5-10-16(15)24-19/h4-10H,3,11-12H2,1-2H3,(H,21,22). The number of nitrogens with one attached hydrogen (secondary N) is 1. The van der Waals surface area contributed by atoms with Gasteiger partial charge in [-0.05, 0) is 36.6 Å². The van der Waals surface area contributed by atoms with Crippen molar-refractivity contribution in [2.45, 2.75) is 31.0 Å². The van der Waals surface area contributed by atoms with E-state index in [1.165, 1.54) is 10.3 Å². The van der Waals surface area contributed by atoms with E-state index in [2.05, 4.69) is 29.4 Å². The summed E-state index contributed by atoms with van der Waals surface area (Å²) in [6, 6.07) is 14.3. The Morgan fingerprint density at radius 1 is 1.21 bits per heavy atom. The molecule has 0 aliphatic rings. The Bertz CT molecular complexity index is 824. The molecule has 0 radical (unpaired) electrons. The number of nitrogens with zero attached hydrogens (tertiary/aromatic N) is 1. The van der Waals surface area contributed by atoms with Gasteiger partial charge in [-0.25, -0.2) is 4.98 Å². The molecule has 0 unspecified atom stereocenters. The van der Waals surface area contributed by atoms with Gasteiger partial charge in [-0.3, -0.25) is 4.79 Å². The molecule has 0 saturated carbocycles. The van der Waals surface area contributed by atoms with Crippen LogP contribution in [0, 0.1) is 6.92 Å². The Morgan fingerprint density at radius 2 is 2.04 bits per heavy atom. The number of thiazole rings is 1. The van der Waals surface area contributed by atoms with E-state index >= 15 is 0 Å². The van der Waals surface area contributed by atoms with Gasteiger partial charge in [0.05, 0.1) is 10.2 Å². The first-order valence-electron chi connectivity index (χ1n) is 8.04. The van der Waals surface area contributed by atoms with Crippen LogP contribution in [0.5, 0.6) is 0 Å². The minimum Gasteiger partial charge on any atom is -0.326 e. The van der Waals surface area contributed by atoms with E-state index in [1.54, 1.807) is 23.1 Å². The maximum atomic E-state index is 12.3. The number of fused-ring (bicyclic) bond motifs is 1. The summed E-state index contributed by atoms with van der Waals surface area (Å²) in [5, 5.41) is 3.07. The summed E-state index contributed by atoms with van der Waals surface area (Å²) in [6.45, 7) is 4.14. The van der Waals surface area contributed by atoms with Crippen molar-refractivity contribution in [2.24, 2.45) is 0 Å². The summed E-state index contributed by atoms with van der Waals surface area (Å²) in [7, 11) is 0. The maximum absolute atomic E-state index is 12.3. The number of anilines is 1. The fourth-order valence-electron chi connectivity index (χ4n) is 2.55. The first kappa shape index (κ1) is 17.0. The number of para-hydroxylation sites is 2. The van der Waals surface area contributed by atoms with Gasteiger partial charge in [0, 0.05) is 17.9 Å². The molecule has 1 amide bonds. The number of rotatable bonds is 6. The third-order valence-corrected chi connectivity index (χ3v) is 6.01. The molecule has 0 spiro atoms. The first-order chi connectivity index (χ1) is 11.7. The number of hydrogen-bond acceptors (Lipinski definition) is 4. The highest BCUT2D eigenvalue weighted by atomic mass is 32.2. The van der Waals surface area contributed by atoms with Crippen LogP contribution in [0.4, 0.5) is 5.69 Å². The molecule has 124 valence electrons. The molecule has 2 aromatic carbocycles. The van der Waals surface area contributed by atoms with Crippen molar-refractivity contribution in [3.05, 3.63) is 53.6 Å². The second-order valence-corrected chi connectivity index (χ2v) is 7.93. The van der Waals surface area contributed by atoms with Gasteiger partial charge >= 0.3 is 0 Å². The van der Waals surface area contributed by atoms with E-state index < -0.39 is 0 Å². The average molecular weight is 357 g/mol. The van der Waals surface area contributed by atoms with Crippen LogP contribution in [-0.4, -0.2) is 16.6 Å². The van der Waals surface area contributed by atoms with Crippen molar-refractivity contribution in [2.75, 3.05) is 11.1 Å². The first-order valence-corrected chi connectivity index (χ1v) is 9.84. The highest BCUT2D eigenvalue weighted by Crippen LogP contribution is 2.29. The maximum Gasteiger partial charge on any atom is 0.225 e. The van der Waals surface area contributed by atoms with Crippen LogP contribution in [0.3, 0.4) is 0 Å². The summed E-state index contributed by atoms with van der Waals surface area (Å²) in [4.78, 5) is 16.8. The van der Waals surface area contributed by atoms with Crippen LogP contribution in [0.15, 0.2) is 46.8 Å². The molecular formula is C19H20N2OS2. The van der Waals surface area contributed by atoms with Crippen LogP contribution < -0.4 is 5.32 Å². The van der Waals surface area contributed by atoms with Crippen LogP contribution in [-0.2, 0) is 11.2 Å². The van der Waals surface area contributed by atoms with Gasteiger partial charge < -0.3 is 5.32 Å². The molecule has 3 aromatic rings. The SMILES string of the molecule is CCc1cccc(C)c1NC(=O)CCSc1nc2ccccc2s1. The smallest absolute Gasteiger partial charge is 0.225 e. The van der Waals surface area contributed by atoms with Gasteiger partial charge in [-0.1, -0.05) is 49.0 Å². The van der Waals surface area contributed by atoms with Crippen molar-refractivity contribution in [1.82, 2.24) is 4.98 Å². The van der Waals surface area contributed by atoms with Crippen LogP contribution in [0.2, 0.25) is 0 Å². The van der Waals surface area contributed by atoms with Crippen LogP contribution >= 0.6 is 23.1 Å². The number of thioether (sulfide) groups is 1. The summed E-state index contributed by atoms with van der Waals surface area (Å²) < 4.78 is 2.21. The van der Waals surface area contributed by atoms with E-state index in [0.717, 1.165) is 33.3 Å². The quantitative estimate of drug-likeness (QED) is 0.610. The Labute approximate surface area is 150 Å². The summed E-state index contributed by atoms with van der Waals surface area (Å²) in [5.74, 6) is 0.798. The zero-order chi connectivity index (χ0) is 16.9. The van der Waals surface area contributed by atoms with Gasteiger partial charge in [-0.2, -0.15) is 0 Å². The average Bonchev–Trinajstić information content (AvgIpc) is 2.99. The lowest BCUT2D eigenvalue weighted by Gasteiger charge is -2.12. The van der Waals surface area contributed by atoms with E-state index in [-0.39, 0.29) is 5.91 Å². The highest BCUT2D eigenvalue weighted by Gasteiger charge is 2.10. The molecule has 0 atom stereocenters. The third-order valence-electron chi connectivity index (χ3n) is 3.83. The van der Waals surface area contributed by atoms with Crippen LogP contribution in [0.1, 0.15) is 24.5 Å². The number of benzene rings is 2. The van der Waals surface area contributed by atoms with Crippen molar-refractivity contribution < 1.29 is 4.79 Å². The minimum atomic E-state index is 0.0626. The molecule has 0 fully saturated rings. The van der Waals surface area contributed by atoms with Gasteiger partial charge in [-0.15, -0.1) is 11.3 Å². The Kier molecular flexibility index (Phi) is 5.53. The van der Waals surface area contributed by atoms with E-state index in [4.69, 9.17) is 0 Å². The highest BCUT2D eigenvalue weighted by molar-refractivity contribution is 8.01. The van der Waals surface area contributed by atoms with E-state index in [1.807, 2.05) is 37.3 Å². The number of aryl methyl sites for hydroxylation is 2. The third kappa shape index (κ3) is 3.97. The lowest BCUT2D eigenvalue weighted by molar-refractivity contribution is -0.115. The molecule has 5 heteroatoms. The fourth-order valence-corrected chi connectivity index (χ4v) is 4.62. The molecule has 3 rings (SSSR count). The molecule has 0 bridgehead atoms. The lowest BCUT2D eigenvalue weighted by atomic mass is 10.1. The number of carbonyl (C=O) groups excluding carboxylic acids is 1. The molecule has 1 heterocycles. The lowest BCUT2D eigenvalue weighted by Crippen LogP contribution is -2.14. The summed E-state index contributed by atoms with van der Waals surface area (Å²) >= 11 is 3.33. The van der Waals surface area contributed by atoms with Crippen molar-refractivity contribution in [1.29, 1.82) is 0 Å². The number of carbonyl (C=O) groups is 1. The van der Waals surface area contributed by atoms with Crippen molar-refractivity contribution in [3.63, 3.8) is 0 Å². The molecule has 24 heavy (non-hydrogen) atoms. The molecule has 0 aliphatic carbocycles. The van der Waals surface area contributed by atoms with Crippen LogP contribution in [0.25, 0.3) is 10.2 Å². The predicted octanol–water partition coefficient (Wildman–Crippen LogP) is 5.29. The zero-order valence-electron chi connectivity index (χ0n) is 13.8. The molecule has 3 nitrogen and oxygen atoms in total. The van der Waals surface area contributed by atoms with E-state index in [9.17, 15) is 4.79 Å². The van der Waals surface area contributed by atoms with Gasteiger partial charge in [0.1, 0.15) is 0 Å². The zero-order valence-corrected chi connectivity index (χ0v) is 15.5. The topological polar surface area (TPSA) is 42.0 Å². The van der Waals surface area contributed by atoms with Crippen molar-refractivity contribution in [3.8, 4) is 0 Å². The Hall–Kier alpha value is -1.85. The predicted molar refractivity (Wildman–Crippen MR) is 104 cm³/mol. The summed E-state index contributed by atoms with van der Waals surface area (Å²) in [6.07, 6.45) is 1.40. The van der Waals surface area contributed by atoms with E-state index in [0.29, 0.717) is 6.42 Å². The summed E-state index contributed by atoms with van der Waals surface area (Å²) in [5.41, 5.74) is 4.29. The second kappa shape index (κ2) is 7.81. The molecule has 1 N–H and O–H groups in total. The number of aromatic nitrogens is 1. The monoisotopic (exact) mass is 356 g/mol. The van der Waals surface area contributed by atoms with Gasteiger partial charge in [0.2, 0.25) is 5.91 Å². The number of amides is 1. The Morgan fingerprint density at radius 3 is 2.83 bits per heavy atom.